The standard InChI is InChI=1S/C9H13N5O2/c1-13-8(15)6-4-14(3-2-11-12-10)5-7(6)9(13)16/h6-7H,2-5H2,1H3. The van der Waals surface area contributed by atoms with E-state index in [1.165, 1.54) is 11.9 Å². The molecule has 2 unspecified atom stereocenters. The first-order valence-corrected chi connectivity index (χ1v) is 5.19. The largest absolute Gasteiger partial charge is 0.302 e. The van der Waals surface area contributed by atoms with Crippen molar-refractivity contribution in [3.63, 3.8) is 0 Å². The molecule has 0 spiro atoms. The van der Waals surface area contributed by atoms with Gasteiger partial charge in [0.25, 0.3) is 0 Å². The summed E-state index contributed by atoms with van der Waals surface area (Å²) in [5.74, 6) is -0.547. The first kappa shape index (κ1) is 10.9. The van der Waals surface area contributed by atoms with Crippen LogP contribution in [0.1, 0.15) is 0 Å². The molecule has 0 saturated carbocycles. The highest BCUT2D eigenvalue weighted by Crippen LogP contribution is 2.32. The molecule has 7 heteroatoms. The van der Waals surface area contributed by atoms with Crippen LogP contribution in [0, 0.1) is 11.8 Å². The number of carbonyl (C=O) groups excluding carboxylic acids is 2. The SMILES string of the molecule is CN1C(=O)C2CN(CCN=[N+]=[N-])CC2C1=O. The summed E-state index contributed by atoms with van der Waals surface area (Å²) >= 11 is 0. The summed E-state index contributed by atoms with van der Waals surface area (Å²) in [4.78, 5) is 29.2. The lowest BCUT2D eigenvalue weighted by Crippen LogP contribution is -2.34. The molecule has 2 heterocycles. The molecule has 2 fully saturated rings. The number of carbonyl (C=O) groups is 2. The van der Waals surface area contributed by atoms with Crippen LogP contribution in [0.2, 0.25) is 0 Å². The fourth-order valence-corrected chi connectivity index (χ4v) is 2.41. The van der Waals surface area contributed by atoms with E-state index in [-0.39, 0.29) is 23.7 Å². The van der Waals surface area contributed by atoms with Crippen LogP contribution < -0.4 is 0 Å². The van der Waals surface area contributed by atoms with E-state index in [0.717, 1.165) is 0 Å². The van der Waals surface area contributed by atoms with Crippen LogP contribution in [-0.4, -0.2) is 54.8 Å². The summed E-state index contributed by atoms with van der Waals surface area (Å²) in [7, 11) is 1.54. The summed E-state index contributed by atoms with van der Waals surface area (Å²) in [5, 5.41) is 3.44. The van der Waals surface area contributed by atoms with Gasteiger partial charge in [0.1, 0.15) is 0 Å². The zero-order valence-corrected chi connectivity index (χ0v) is 9.04. The van der Waals surface area contributed by atoms with Crippen molar-refractivity contribution in [2.75, 3.05) is 33.2 Å². The van der Waals surface area contributed by atoms with Crippen molar-refractivity contribution in [1.82, 2.24) is 9.80 Å². The van der Waals surface area contributed by atoms with Crippen LogP contribution in [0.3, 0.4) is 0 Å². The van der Waals surface area contributed by atoms with E-state index < -0.39 is 0 Å². The highest BCUT2D eigenvalue weighted by molar-refractivity contribution is 6.05. The third-order valence-electron chi connectivity index (χ3n) is 3.27. The Morgan fingerprint density at radius 2 is 1.94 bits per heavy atom. The second kappa shape index (κ2) is 4.11. The van der Waals surface area contributed by atoms with Gasteiger partial charge in [-0.1, -0.05) is 5.11 Å². The smallest absolute Gasteiger partial charge is 0.234 e. The second-order valence-electron chi connectivity index (χ2n) is 4.16. The molecule has 2 aliphatic rings. The maximum Gasteiger partial charge on any atom is 0.234 e. The van der Waals surface area contributed by atoms with Crippen LogP contribution in [0.15, 0.2) is 5.11 Å². The lowest BCUT2D eigenvalue weighted by atomic mass is 10.00. The molecule has 0 N–H and O–H groups in total. The summed E-state index contributed by atoms with van der Waals surface area (Å²) in [5.41, 5.74) is 8.15. The normalized spacial score (nSPS) is 29.4. The Morgan fingerprint density at radius 1 is 1.38 bits per heavy atom. The average molecular weight is 223 g/mol. The van der Waals surface area contributed by atoms with Gasteiger partial charge < -0.3 is 4.90 Å². The highest BCUT2D eigenvalue weighted by atomic mass is 16.2. The van der Waals surface area contributed by atoms with E-state index in [1.54, 1.807) is 0 Å². The molecule has 0 aromatic carbocycles. The number of hydrogen-bond donors (Lipinski definition) is 0. The minimum atomic E-state index is -0.191. The molecule has 86 valence electrons. The first-order valence-electron chi connectivity index (χ1n) is 5.19. The molecule has 2 atom stereocenters. The summed E-state index contributed by atoms with van der Waals surface area (Å²) in [6, 6.07) is 0. The van der Waals surface area contributed by atoms with Crippen molar-refractivity contribution in [3.05, 3.63) is 10.4 Å². The number of azide groups is 1. The molecule has 16 heavy (non-hydrogen) atoms. The Bertz CT molecular complexity index is 352. The predicted molar refractivity (Wildman–Crippen MR) is 55.2 cm³/mol. The Kier molecular flexibility index (Phi) is 2.80. The molecular weight excluding hydrogens is 210 g/mol. The quantitative estimate of drug-likeness (QED) is 0.288. The predicted octanol–water partition coefficient (Wildman–Crippen LogP) is -0.157. The fraction of sp³-hybridized carbons (Fsp3) is 0.778. The molecule has 2 amide bonds. The molecule has 0 aromatic heterocycles. The molecule has 0 aromatic rings. The van der Waals surface area contributed by atoms with Gasteiger partial charge in [0.2, 0.25) is 11.8 Å². The number of hydrogen-bond acceptors (Lipinski definition) is 4. The van der Waals surface area contributed by atoms with Crippen LogP contribution >= 0.6 is 0 Å². The molecule has 2 saturated heterocycles. The van der Waals surface area contributed by atoms with Gasteiger partial charge in [-0.3, -0.25) is 14.5 Å². The van der Waals surface area contributed by atoms with Crippen molar-refractivity contribution in [2.24, 2.45) is 17.0 Å². The topological polar surface area (TPSA) is 89.4 Å². The lowest BCUT2D eigenvalue weighted by Gasteiger charge is -2.16. The number of rotatable bonds is 3. The number of likely N-dealkylation sites (tertiary alicyclic amines) is 2. The molecule has 0 aliphatic carbocycles. The van der Waals surface area contributed by atoms with Crippen LogP contribution in [-0.2, 0) is 9.59 Å². The zero-order valence-electron chi connectivity index (χ0n) is 9.04. The zero-order chi connectivity index (χ0) is 11.7. The maximum atomic E-state index is 11.7. The highest BCUT2D eigenvalue weighted by Gasteiger charge is 2.50. The molecule has 2 aliphatic heterocycles. The van der Waals surface area contributed by atoms with E-state index in [0.29, 0.717) is 26.2 Å². The van der Waals surface area contributed by atoms with Crippen LogP contribution in [0.5, 0.6) is 0 Å². The third-order valence-corrected chi connectivity index (χ3v) is 3.27. The number of nitrogens with zero attached hydrogens (tertiary/aromatic N) is 5. The third kappa shape index (κ3) is 1.64. The summed E-state index contributed by atoms with van der Waals surface area (Å²) < 4.78 is 0. The molecule has 7 nitrogen and oxygen atoms in total. The van der Waals surface area contributed by atoms with Crippen LogP contribution in [0.4, 0.5) is 0 Å². The Labute approximate surface area is 92.6 Å². The number of imide groups is 1. The van der Waals surface area contributed by atoms with E-state index in [2.05, 4.69) is 10.0 Å². The van der Waals surface area contributed by atoms with E-state index in [9.17, 15) is 9.59 Å². The van der Waals surface area contributed by atoms with E-state index >= 15 is 0 Å². The van der Waals surface area contributed by atoms with Crippen molar-refractivity contribution < 1.29 is 9.59 Å². The second-order valence-corrected chi connectivity index (χ2v) is 4.16. The van der Waals surface area contributed by atoms with Crippen molar-refractivity contribution in [2.45, 2.75) is 0 Å². The van der Waals surface area contributed by atoms with E-state index in [4.69, 9.17) is 5.53 Å². The minimum absolute atomic E-state index is 0.0821. The minimum Gasteiger partial charge on any atom is -0.302 e. The van der Waals surface area contributed by atoms with Gasteiger partial charge in [-0.15, -0.1) is 0 Å². The lowest BCUT2D eigenvalue weighted by molar-refractivity contribution is -0.138. The summed E-state index contributed by atoms with van der Waals surface area (Å²) in [6.45, 7) is 2.19. The Morgan fingerprint density at radius 3 is 2.44 bits per heavy atom. The van der Waals surface area contributed by atoms with Gasteiger partial charge in [-0.25, -0.2) is 0 Å². The molecular formula is C9H13N5O2. The Hall–Kier alpha value is -1.59. The Balaban J connectivity index is 1.96. The fourth-order valence-electron chi connectivity index (χ4n) is 2.41. The van der Waals surface area contributed by atoms with Gasteiger partial charge >= 0.3 is 0 Å². The van der Waals surface area contributed by atoms with Gasteiger partial charge in [-0.05, 0) is 5.53 Å². The van der Waals surface area contributed by atoms with E-state index in [1.807, 2.05) is 4.90 Å². The van der Waals surface area contributed by atoms with Gasteiger partial charge in [0, 0.05) is 38.1 Å². The number of fused-ring (bicyclic) bond motifs is 1. The molecule has 0 radical (unpaired) electrons. The first-order chi connectivity index (χ1) is 7.65. The molecule has 0 bridgehead atoms. The monoisotopic (exact) mass is 223 g/mol. The maximum absolute atomic E-state index is 11.7. The van der Waals surface area contributed by atoms with Crippen molar-refractivity contribution >= 4 is 11.8 Å². The van der Waals surface area contributed by atoms with Gasteiger partial charge in [0.05, 0.1) is 11.8 Å². The molecule has 2 rings (SSSR count). The average Bonchev–Trinajstić information content (AvgIpc) is 2.77. The summed E-state index contributed by atoms with van der Waals surface area (Å²) in [6.07, 6.45) is 0. The van der Waals surface area contributed by atoms with Crippen LogP contribution in [0.25, 0.3) is 10.4 Å². The van der Waals surface area contributed by atoms with Gasteiger partial charge in [0.15, 0.2) is 0 Å². The van der Waals surface area contributed by atoms with Gasteiger partial charge in [-0.2, -0.15) is 0 Å². The van der Waals surface area contributed by atoms with Crippen molar-refractivity contribution in [1.29, 1.82) is 0 Å². The van der Waals surface area contributed by atoms with Crippen molar-refractivity contribution in [3.8, 4) is 0 Å². The number of amides is 2.